The maximum absolute atomic E-state index is 11.5. The van der Waals surface area contributed by atoms with E-state index in [0.29, 0.717) is 11.5 Å². The van der Waals surface area contributed by atoms with Crippen molar-refractivity contribution < 1.29 is 8.42 Å². The van der Waals surface area contributed by atoms with Crippen molar-refractivity contribution in [2.45, 2.75) is 24.7 Å². The highest BCUT2D eigenvalue weighted by molar-refractivity contribution is 8.14. The Morgan fingerprint density at radius 3 is 2.44 bits per heavy atom. The van der Waals surface area contributed by atoms with Crippen molar-refractivity contribution in [1.29, 1.82) is 0 Å². The highest BCUT2D eigenvalue weighted by Crippen LogP contribution is 2.31. The quantitative estimate of drug-likeness (QED) is 0.632. The minimum absolute atomic E-state index is 0.0676. The number of aryl methyl sites for hydroxylation is 1. The minimum atomic E-state index is -3.88. The average molecular weight is 308 g/mol. The molecule has 2 aromatic rings. The van der Waals surface area contributed by atoms with Gasteiger partial charge in [0, 0.05) is 29.8 Å². The highest BCUT2D eigenvalue weighted by Gasteiger charge is 2.23. The summed E-state index contributed by atoms with van der Waals surface area (Å²) in [5, 5.41) is 0.363. The Bertz CT molecular complexity index is 722. The van der Waals surface area contributed by atoms with Crippen molar-refractivity contribution in [3.8, 4) is 0 Å². The van der Waals surface area contributed by atoms with Gasteiger partial charge in [-0.1, -0.05) is 25.4 Å². The molecule has 0 atom stereocenters. The lowest BCUT2D eigenvalue weighted by molar-refractivity contribution is 0.610. The van der Waals surface area contributed by atoms with Crippen LogP contribution in [0.1, 0.15) is 25.6 Å². The van der Waals surface area contributed by atoms with Gasteiger partial charge in [-0.05, 0) is 0 Å². The second-order valence-corrected chi connectivity index (χ2v) is 7.16. The number of hydrogen-bond donors (Lipinski definition) is 0. The van der Waals surface area contributed by atoms with Gasteiger partial charge in [0.15, 0.2) is 0 Å². The molecular weight excluding hydrogens is 297 g/mol. The van der Waals surface area contributed by atoms with Gasteiger partial charge in [-0.3, -0.25) is 0 Å². The predicted octanol–water partition coefficient (Wildman–Crippen LogP) is 2.67. The summed E-state index contributed by atoms with van der Waals surface area (Å²) in [7, 11) is 3.17. The molecule has 0 aliphatic carbocycles. The van der Waals surface area contributed by atoms with Crippen molar-refractivity contribution in [3.05, 3.63) is 17.2 Å². The first-order valence-corrected chi connectivity index (χ1v) is 7.87. The summed E-state index contributed by atoms with van der Waals surface area (Å²) in [4.78, 5) is 8.35. The molecule has 0 aromatic carbocycles. The highest BCUT2D eigenvalue weighted by atomic mass is 35.7. The molecule has 0 saturated carbocycles. The maximum Gasteiger partial charge on any atom is 0.263 e. The zero-order valence-corrected chi connectivity index (χ0v) is 12.3. The van der Waals surface area contributed by atoms with E-state index in [2.05, 4.69) is 9.97 Å². The van der Waals surface area contributed by atoms with Crippen LogP contribution in [0.3, 0.4) is 0 Å². The molecular formula is C10H11Cl2N3O2S. The summed E-state index contributed by atoms with van der Waals surface area (Å²) < 4.78 is 24.5. The topological polar surface area (TPSA) is 64.8 Å². The number of halogens is 2. The Morgan fingerprint density at radius 2 is 1.94 bits per heavy atom. The molecule has 2 rings (SSSR count). The van der Waals surface area contributed by atoms with Crippen molar-refractivity contribution in [3.63, 3.8) is 0 Å². The molecule has 5 nitrogen and oxygen atoms in total. The molecule has 2 heterocycles. The number of rotatable bonds is 2. The van der Waals surface area contributed by atoms with E-state index in [1.807, 2.05) is 13.8 Å². The second-order valence-electron chi connectivity index (χ2n) is 4.27. The summed E-state index contributed by atoms with van der Waals surface area (Å²) in [6.07, 6.45) is 1.39. The van der Waals surface area contributed by atoms with Crippen LogP contribution in [0.15, 0.2) is 11.1 Å². The molecule has 0 unspecified atom stereocenters. The number of fused-ring (bicyclic) bond motifs is 1. The van der Waals surface area contributed by atoms with E-state index >= 15 is 0 Å². The molecule has 0 spiro atoms. The molecule has 0 fully saturated rings. The van der Waals surface area contributed by atoms with E-state index in [9.17, 15) is 8.42 Å². The molecule has 98 valence electrons. The first-order chi connectivity index (χ1) is 8.21. The van der Waals surface area contributed by atoms with Crippen LogP contribution < -0.4 is 0 Å². The first kappa shape index (κ1) is 13.6. The third-order valence-corrected chi connectivity index (χ3v) is 4.14. The maximum atomic E-state index is 11.5. The molecule has 0 amide bonds. The Balaban J connectivity index is 2.90. The van der Waals surface area contributed by atoms with E-state index in [1.165, 1.54) is 6.20 Å². The summed E-state index contributed by atoms with van der Waals surface area (Å²) in [5.74, 6) is 0.657. The van der Waals surface area contributed by atoms with Gasteiger partial charge in [-0.2, -0.15) is 0 Å². The Hall–Kier alpha value is -0.850. The number of nitrogens with zero attached hydrogens (tertiary/aromatic N) is 3. The molecule has 0 bridgehead atoms. The molecule has 0 radical (unpaired) electrons. The SMILES string of the molecule is CC(C)c1nc(Cl)c2c(S(=O)(=O)Cl)cn(C)c2n1. The summed E-state index contributed by atoms with van der Waals surface area (Å²) in [6, 6.07) is 0. The molecule has 18 heavy (non-hydrogen) atoms. The predicted molar refractivity (Wildman–Crippen MR) is 70.6 cm³/mol. The molecule has 8 heteroatoms. The molecule has 0 N–H and O–H groups in total. The van der Waals surface area contributed by atoms with Crippen LogP contribution in [-0.2, 0) is 16.1 Å². The van der Waals surface area contributed by atoms with E-state index in [-0.39, 0.29) is 21.4 Å². The van der Waals surface area contributed by atoms with Gasteiger partial charge in [0.25, 0.3) is 9.05 Å². The van der Waals surface area contributed by atoms with E-state index in [4.69, 9.17) is 22.3 Å². The van der Waals surface area contributed by atoms with Crippen LogP contribution in [-0.4, -0.2) is 23.0 Å². The third kappa shape index (κ3) is 2.20. The average Bonchev–Trinajstić information content (AvgIpc) is 2.56. The van der Waals surface area contributed by atoms with Gasteiger partial charge in [0.1, 0.15) is 21.5 Å². The molecule has 2 aromatic heterocycles. The number of aromatic nitrogens is 3. The fraction of sp³-hybridized carbons (Fsp3) is 0.400. The van der Waals surface area contributed by atoms with E-state index in [0.717, 1.165) is 0 Å². The van der Waals surface area contributed by atoms with Gasteiger partial charge in [-0.25, -0.2) is 18.4 Å². The summed E-state index contributed by atoms with van der Waals surface area (Å²) in [5.41, 5.74) is 0.456. The zero-order valence-electron chi connectivity index (χ0n) is 9.98. The van der Waals surface area contributed by atoms with Crippen LogP contribution in [0.2, 0.25) is 5.15 Å². The van der Waals surface area contributed by atoms with Crippen LogP contribution in [0, 0.1) is 0 Å². The smallest absolute Gasteiger partial charge is 0.263 e. The second kappa shape index (κ2) is 4.36. The lowest BCUT2D eigenvalue weighted by Crippen LogP contribution is -2.00. The number of hydrogen-bond acceptors (Lipinski definition) is 4. The van der Waals surface area contributed by atoms with Crippen LogP contribution >= 0.6 is 22.3 Å². The molecule has 0 aliphatic heterocycles. The van der Waals surface area contributed by atoms with E-state index in [1.54, 1.807) is 11.6 Å². The Kier molecular flexibility index (Phi) is 3.29. The monoisotopic (exact) mass is 307 g/mol. The summed E-state index contributed by atoms with van der Waals surface area (Å²) in [6.45, 7) is 3.86. The minimum Gasteiger partial charge on any atom is -0.334 e. The van der Waals surface area contributed by atoms with Crippen molar-refractivity contribution in [1.82, 2.24) is 14.5 Å². The van der Waals surface area contributed by atoms with Gasteiger partial charge < -0.3 is 4.57 Å². The lowest BCUT2D eigenvalue weighted by Gasteiger charge is -2.05. The van der Waals surface area contributed by atoms with Crippen molar-refractivity contribution >= 4 is 42.4 Å². The van der Waals surface area contributed by atoms with Crippen LogP contribution in [0.25, 0.3) is 11.0 Å². The third-order valence-electron chi connectivity index (χ3n) is 2.53. The van der Waals surface area contributed by atoms with Gasteiger partial charge in [-0.15, -0.1) is 0 Å². The van der Waals surface area contributed by atoms with Gasteiger partial charge in [0.05, 0.1) is 5.39 Å². The van der Waals surface area contributed by atoms with Crippen LogP contribution in [0.5, 0.6) is 0 Å². The van der Waals surface area contributed by atoms with Gasteiger partial charge >= 0.3 is 0 Å². The lowest BCUT2D eigenvalue weighted by atomic mass is 10.2. The van der Waals surface area contributed by atoms with Crippen molar-refractivity contribution in [2.24, 2.45) is 7.05 Å². The first-order valence-electron chi connectivity index (χ1n) is 5.19. The van der Waals surface area contributed by atoms with E-state index < -0.39 is 9.05 Å². The van der Waals surface area contributed by atoms with Crippen molar-refractivity contribution in [2.75, 3.05) is 0 Å². The van der Waals surface area contributed by atoms with Gasteiger partial charge in [0.2, 0.25) is 0 Å². The normalized spacial score (nSPS) is 12.6. The largest absolute Gasteiger partial charge is 0.334 e. The zero-order chi connectivity index (χ0) is 13.7. The molecule has 0 saturated heterocycles. The Labute approximate surface area is 114 Å². The van der Waals surface area contributed by atoms with Crippen LogP contribution in [0.4, 0.5) is 0 Å². The molecule has 0 aliphatic rings. The Morgan fingerprint density at radius 1 is 1.33 bits per heavy atom. The summed E-state index contributed by atoms with van der Waals surface area (Å²) >= 11 is 6.04. The fourth-order valence-corrected chi connectivity index (χ4v) is 3.05. The fourth-order valence-electron chi connectivity index (χ4n) is 1.65. The standard InChI is InChI=1S/C10H11Cl2N3O2S/c1-5(2)9-13-8(11)7-6(18(12,16)17)4-15(3)10(7)14-9/h4-5H,1-3H3.